The molecule has 2 amide bonds. The van der Waals surface area contributed by atoms with Crippen LogP contribution >= 0.6 is 27.3 Å². The van der Waals surface area contributed by atoms with Gasteiger partial charge in [-0.15, -0.1) is 11.3 Å². The number of carbonyl (C=O) groups is 2. The first-order chi connectivity index (χ1) is 12.4. The first kappa shape index (κ1) is 18.9. The number of nitrogens with one attached hydrogen (secondary N) is 2. The highest BCUT2D eigenvalue weighted by atomic mass is 79.9. The third-order valence-corrected chi connectivity index (χ3v) is 6.08. The van der Waals surface area contributed by atoms with E-state index in [2.05, 4.69) is 38.4 Å². The zero-order chi connectivity index (χ0) is 18.7. The number of anilines is 2. The summed E-state index contributed by atoms with van der Waals surface area (Å²) in [4.78, 5) is 27.4. The van der Waals surface area contributed by atoms with Gasteiger partial charge in [0.2, 0.25) is 5.91 Å². The van der Waals surface area contributed by atoms with Crippen LogP contribution in [0.25, 0.3) is 0 Å². The van der Waals surface area contributed by atoms with E-state index in [0.29, 0.717) is 4.88 Å². The number of carbonyl (C=O) groups excluding carboxylic acids is 2. The Morgan fingerprint density at radius 1 is 1.23 bits per heavy atom. The molecule has 2 unspecified atom stereocenters. The van der Waals surface area contributed by atoms with Gasteiger partial charge in [0.15, 0.2) is 0 Å². The predicted octanol–water partition coefficient (Wildman–Crippen LogP) is 4.11. The van der Waals surface area contributed by atoms with Crippen molar-refractivity contribution in [2.45, 2.75) is 26.3 Å². The van der Waals surface area contributed by atoms with E-state index in [1.54, 1.807) is 13.0 Å². The number of thiophene rings is 1. The summed E-state index contributed by atoms with van der Waals surface area (Å²) in [6, 6.07) is 10.8. The fraction of sp³-hybridized carbons (Fsp3) is 0.368. The minimum atomic E-state index is -0.623. The predicted molar refractivity (Wildman–Crippen MR) is 110 cm³/mol. The summed E-state index contributed by atoms with van der Waals surface area (Å²) in [7, 11) is 0. The summed E-state index contributed by atoms with van der Waals surface area (Å²) in [5.41, 5.74) is 1.91. The molecule has 5 nitrogen and oxygen atoms in total. The summed E-state index contributed by atoms with van der Waals surface area (Å²) < 4.78 is 0.882. The maximum Gasteiger partial charge on any atom is 0.262 e. The van der Waals surface area contributed by atoms with Crippen molar-refractivity contribution < 1.29 is 9.59 Å². The molecule has 0 spiro atoms. The van der Waals surface area contributed by atoms with Crippen LogP contribution in [0.5, 0.6) is 0 Å². The molecule has 2 aromatic rings. The van der Waals surface area contributed by atoms with Gasteiger partial charge in [0.05, 0.1) is 8.66 Å². The number of hydrogen-bond acceptors (Lipinski definition) is 4. The lowest BCUT2D eigenvalue weighted by molar-refractivity contribution is -0.117. The van der Waals surface area contributed by atoms with Crippen LogP contribution in [0.3, 0.4) is 0 Å². The Labute approximate surface area is 165 Å². The van der Waals surface area contributed by atoms with Crippen molar-refractivity contribution in [3.63, 3.8) is 0 Å². The smallest absolute Gasteiger partial charge is 0.262 e. The van der Waals surface area contributed by atoms with E-state index in [9.17, 15) is 9.59 Å². The topological polar surface area (TPSA) is 61.4 Å². The standard InChI is InChI=1S/C19H22BrN3O2S/c1-12-9-10-23(11-12)15-5-3-14(4-6-15)22-18(24)13(2)21-19(25)16-7-8-17(20)26-16/h3-8,12-13H,9-11H2,1-2H3,(H,21,25)(H,22,24). The molecule has 2 heterocycles. The van der Waals surface area contributed by atoms with Gasteiger partial charge in [-0.25, -0.2) is 0 Å². The van der Waals surface area contributed by atoms with Crippen LogP contribution in [0, 0.1) is 5.92 Å². The van der Waals surface area contributed by atoms with Crippen LogP contribution in [-0.2, 0) is 4.79 Å². The van der Waals surface area contributed by atoms with Gasteiger partial charge in [0.25, 0.3) is 5.91 Å². The van der Waals surface area contributed by atoms with E-state index >= 15 is 0 Å². The lowest BCUT2D eigenvalue weighted by Gasteiger charge is -2.19. The largest absolute Gasteiger partial charge is 0.371 e. The van der Waals surface area contributed by atoms with Crippen LogP contribution in [0.15, 0.2) is 40.2 Å². The fourth-order valence-corrected chi connectivity index (χ4v) is 4.23. The second kappa shape index (κ2) is 8.22. The third-order valence-electron chi connectivity index (χ3n) is 4.46. The van der Waals surface area contributed by atoms with E-state index in [1.165, 1.54) is 23.4 Å². The van der Waals surface area contributed by atoms with Gasteiger partial charge >= 0.3 is 0 Å². The average molecular weight is 436 g/mol. The Kier molecular flexibility index (Phi) is 5.98. The molecule has 1 aromatic carbocycles. The lowest BCUT2D eigenvalue weighted by Crippen LogP contribution is -2.41. The zero-order valence-corrected chi connectivity index (χ0v) is 17.2. The highest BCUT2D eigenvalue weighted by molar-refractivity contribution is 9.11. The van der Waals surface area contributed by atoms with Gasteiger partial charge in [0.1, 0.15) is 6.04 Å². The van der Waals surface area contributed by atoms with Crippen molar-refractivity contribution in [3.05, 3.63) is 45.1 Å². The van der Waals surface area contributed by atoms with Crippen molar-refractivity contribution in [1.29, 1.82) is 0 Å². The maximum atomic E-state index is 12.3. The summed E-state index contributed by atoms with van der Waals surface area (Å²) in [5.74, 6) is 0.237. The number of nitrogens with zero attached hydrogens (tertiary/aromatic N) is 1. The summed E-state index contributed by atoms with van der Waals surface area (Å²) in [6.07, 6.45) is 1.22. The molecule has 138 valence electrons. The van der Waals surface area contributed by atoms with Crippen molar-refractivity contribution in [2.75, 3.05) is 23.3 Å². The van der Waals surface area contributed by atoms with Crippen molar-refractivity contribution in [2.24, 2.45) is 5.92 Å². The molecule has 3 rings (SSSR count). The van der Waals surface area contributed by atoms with Gasteiger partial charge in [-0.3, -0.25) is 9.59 Å². The van der Waals surface area contributed by atoms with Crippen LogP contribution in [0.4, 0.5) is 11.4 Å². The summed E-state index contributed by atoms with van der Waals surface area (Å²) in [5, 5.41) is 5.57. The Bertz CT molecular complexity index is 790. The fourth-order valence-electron chi connectivity index (χ4n) is 2.95. The minimum absolute atomic E-state index is 0.239. The highest BCUT2D eigenvalue weighted by Crippen LogP contribution is 2.25. The number of halogens is 1. The molecule has 2 N–H and O–H groups in total. The Morgan fingerprint density at radius 3 is 2.54 bits per heavy atom. The van der Waals surface area contributed by atoms with E-state index in [1.807, 2.05) is 30.3 Å². The zero-order valence-electron chi connectivity index (χ0n) is 14.8. The van der Waals surface area contributed by atoms with Crippen LogP contribution in [-0.4, -0.2) is 30.9 Å². The molecule has 2 atom stereocenters. The Morgan fingerprint density at radius 2 is 1.96 bits per heavy atom. The van der Waals surface area contributed by atoms with Crippen molar-refractivity contribution >= 4 is 50.5 Å². The SMILES string of the molecule is CC1CCN(c2ccc(NC(=O)C(C)NC(=O)c3ccc(Br)s3)cc2)C1. The second-order valence-corrected chi connectivity index (χ2v) is 9.14. The van der Waals surface area contributed by atoms with Gasteiger partial charge in [0, 0.05) is 24.5 Å². The molecule has 0 aliphatic carbocycles. The van der Waals surface area contributed by atoms with E-state index in [-0.39, 0.29) is 11.8 Å². The number of benzene rings is 1. The lowest BCUT2D eigenvalue weighted by atomic mass is 10.2. The van der Waals surface area contributed by atoms with E-state index in [4.69, 9.17) is 0 Å². The maximum absolute atomic E-state index is 12.3. The molecule has 0 bridgehead atoms. The van der Waals surface area contributed by atoms with E-state index < -0.39 is 6.04 Å². The second-order valence-electron chi connectivity index (χ2n) is 6.67. The molecule has 1 saturated heterocycles. The van der Waals surface area contributed by atoms with Crippen molar-refractivity contribution in [3.8, 4) is 0 Å². The molecule has 0 saturated carbocycles. The number of rotatable bonds is 5. The number of amides is 2. The highest BCUT2D eigenvalue weighted by Gasteiger charge is 2.20. The molecule has 0 radical (unpaired) electrons. The average Bonchev–Trinajstić information content (AvgIpc) is 3.24. The van der Waals surface area contributed by atoms with Crippen LogP contribution < -0.4 is 15.5 Å². The van der Waals surface area contributed by atoms with Crippen molar-refractivity contribution in [1.82, 2.24) is 5.32 Å². The number of hydrogen-bond donors (Lipinski definition) is 2. The van der Waals surface area contributed by atoms with Gasteiger partial charge < -0.3 is 15.5 Å². The first-order valence-electron chi connectivity index (χ1n) is 8.64. The Balaban J connectivity index is 1.54. The summed E-state index contributed by atoms with van der Waals surface area (Å²) >= 11 is 4.66. The molecular weight excluding hydrogens is 414 g/mol. The Hall–Kier alpha value is -1.86. The summed E-state index contributed by atoms with van der Waals surface area (Å²) in [6.45, 7) is 6.09. The van der Waals surface area contributed by atoms with Gasteiger partial charge in [-0.2, -0.15) is 0 Å². The molecule has 7 heteroatoms. The molecule has 26 heavy (non-hydrogen) atoms. The first-order valence-corrected chi connectivity index (χ1v) is 10.3. The van der Waals surface area contributed by atoms with Gasteiger partial charge in [-0.05, 0) is 71.6 Å². The molecular formula is C19H22BrN3O2S. The normalized spacial score (nSPS) is 17.8. The van der Waals surface area contributed by atoms with Crippen LogP contribution in [0.1, 0.15) is 29.9 Å². The minimum Gasteiger partial charge on any atom is -0.371 e. The molecule has 1 aliphatic rings. The van der Waals surface area contributed by atoms with Gasteiger partial charge in [-0.1, -0.05) is 6.92 Å². The third kappa shape index (κ3) is 4.65. The van der Waals surface area contributed by atoms with Crippen LogP contribution in [0.2, 0.25) is 0 Å². The molecule has 1 aromatic heterocycles. The van der Waals surface area contributed by atoms with E-state index in [0.717, 1.165) is 28.5 Å². The molecule has 1 fully saturated rings. The molecule has 1 aliphatic heterocycles. The quantitative estimate of drug-likeness (QED) is 0.742. The monoisotopic (exact) mass is 435 g/mol.